The summed E-state index contributed by atoms with van der Waals surface area (Å²) in [4.78, 5) is 0. The van der Waals surface area contributed by atoms with Gasteiger partial charge in [-0.25, -0.2) is 8.51 Å². The summed E-state index contributed by atoms with van der Waals surface area (Å²) in [6.07, 6.45) is 2.75. The second-order valence-electron chi connectivity index (χ2n) is 6.61. The molecule has 0 saturated heterocycles. The van der Waals surface area contributed by atoms with Crippen LogP contribution in [0.5, 0.6) is 11.5 Å². The Balaban J connectivity index is 2.14. The number of nitrogens with zero attached hydrogens (tertiary/aromatic N) is 1. The van der Waals surface area contributed by atoms with Crippen molar-refractivity contribution in [3.63, 3.8) is 0 Å². The highest BCUT2D eigenvalue weighted by Gasteiger charge is 2.17. The third kappa shape index (κ3) is 6.85. The standard InChI is InChI=1S/C22H29NO3S/c1-5-6-18(2)17-27(24)23(15-19-7-11-21(25-3)12-8-19)16-20-9-13-22(26-4)14-10-20/h5,7-14,18H,1,6,15-17H2,2-4H3/t18-,27?/m0/s1. The number of hydrogen-bond acceptors (Lipinski definition) is 3. The third-order valence-corrected chi connectivity index (χ3v) is 6.01. The SMILES string of the molecule is C=CC[C@H](C)CS(=O)N(Cc1ccc(OC)cc1)Cc1ccc(OC)cc1. The van der Waals surface area contributed by atoms with Gasteiger partial charge in [0, 0.05) is 18.8 Å². The first-order chi connectivity index (χ1) is 13.0. The zero-order valence-corrected chi connectivity index (χ0v) is 17.2. The first kappa shape index (κ1) is 21.2. The maximum atomic E-state index is 13.0. The number of hydrogen-bond donors (Lipinski definition) is 0. The predicted octanol–water partition coefficient (Wildman–Crippen LogP) is 4.58. The highest BCUT2D eigenvalue weighted by molar-refractivity contribution is 7.82. The van der Waals surface area contributed by atoms with E-state index in [9.17, 15) is 4.21 Å². The summed E-state index contributed by atoms with van der Waals surface area (Å²) in [6.45, 7) is 7.12. The Kier molecular flexibility index (Phi) is 8.55. The average Bonchev–Trinajstić information content (AvgIpc) is 2.68. The van der Waals surface area contributed by atoms with Gasteiger partial charge in [-0.05, 0) is 47.7 Å². The summed E-state index contributed by atoms with van der Waals surface area (Å²) in [5.41, 5.74) is 2.21. The number of rotatable bonds is 11. The predicted molar refractivity (Wildman–Crippen MR) is 112 cm³/mol. The van der Waals surface area contributed by atoms with Crippen molar-refractivity contribution in [2.75, 3.05) is 20.0 Å². The Hall–Kier alpha value is -2.11. The Morgan fingerprint density at radius 2 is 1.41 bits per heavy atom. The lowest BCUT2D eigenvalue weighted by molar-refractivity contribution is 0.411. The van der Waals surface area contributed by atoms with E-state index in [1.807, 2.05) is 58.9 Å². The van der Waals surface area contributed by atoms with Gasteiger partial charge in [-0.2, -0.15) is 0 Å². The summed E-state index contributed by atoms with van der Waals surface area (Å²) >= 11 is 0. The maximum Gasteiger partial charge on any atom is 0.118 e. The molecule has 0 fully saturated rings. The van der Waals surface area contributed by atoms with Gasteiger partial charge in [0.25, 0.3) is 0 Å². The molecular formula is C22H29NO3S. The maximum absolute atomic E-state index is 13.0. The molecule has 0 aromatic heterocycles. The van der Waals surface area contributed by atoms with Gasteiger partial charge in [-0.1, -0.05) is 37.3 Å². The van der Waals surface area contributed by atoms with Gasteiger partial charge in [0.05, 0.1) is 25.2 Å². The van der Waals surface area contributed by atoms with Crippen molar-refractivity contribution in [3.8, 4) is 11.5 Å². The van der Waals surface area contributed by atoms with Gasteiger partial charge >= 0.3 is 0 Å². The molecule has 0 radical (unpaired) electrons. The normalized spacial score (nSPS) is 13.2. The van der Waals surface area contributed by atoms with E-state index in [-0.39, 0.29) is 0 Å². The van der Waals surface area contributed by atoms with Crippen LogP contribution >= 0.6 is 0 Å². The van der Waals surface area contributed by atoms with Crippen LogP contribution in [-0.4, -0.2) is 28.5 Å². The molecule has 5 heteroatoms. The number of ether oxygens (including phenoxy) is 2. The van der Waals surface area contributed by atoms with E-state index in [0.29, 0.717) is 24.8 Å². The molecular weight excluding hydrogens is 358 g/mol. The first-order valence-corrected chi connectivity index (χ1v) is 10.3. The van der Waals surface area contributed by atoms with Crippen LogP contribution in [-0.2, 0) is 24.1 Å². The van der Waals surface area contributed by atoms with Gasteiger partial charge in [-0.3, -0.25) is 0 Å². The molecule has 0 saturated carbocycles. The van der Waals surface area contributed by atoms with Gasteiger partial charge in [-0.15, -0.1) is 6.58 Å². The minimum atomic E-state index is -1.08. The molecule has 0 aliphatic heterocycles. The Morgan fingerprint density at radius 3 is 1.78 bits per heavy atom. The monoisotopic (exact) mass is 387 g/mol. The minimum absolute atomic E-state index is 0.331. The van der Waals surface area contributed by atoms with E-state index < -0.39 is 11.0 Å². The highest BCUT2D eigenvalue weighted by Crippen LogP contribution is 2.19. The van der Waals surface area contributed by atoms with Crippen LogP contribution in [0.15, 0.2) is 61.2 Å². The molecule has 0 bridgehead atoms. The molecule has 27 heavy (non-hydrogen) atoms. The molecule has 2 atom stereocenters. The van der Waals surface area contributed by atoms with Crippen molar-refractivity contribution in [2.45, 2.75) is 26.4 Å². The van der Waals surface area contributed by atoms with Crippen molar-refractivity contribution in [1.29, 1.82) is 0 Å². The molecule has 0 spiro atoms. The van der Waals surface area contributed by atoms with Crippen molar-refractivity contribution in [1.82, 2.24) is 4.31 Å². The Labute approximate surface area is 165 Å². The summed E-state index contributed by atoms with van der Waals surface area (Å²) in [6, 6.07) is 15.8. The molecule has 2 aromatic carbocycles. The zero-order valence-electron chi connectivity index (χ0n) is 16.4. The molecule has 4 nitrogen and oxygen atoms in total. The summed E-state index contributed by atoms with van der Waals surface area (Å²) in [5, 5.41) is 0. The third-order valence-electron chi connectivity index (χ3n) is 4.32. The fourth-order valence-corrected chi connectivity index (χ4v) is 4.19. The van der Waals surface area contributed by atoms with Crippen LogP contribution < -0.4 is 9.47 Å². The highest BCUT2D eigenvalue weighted by atomic mass is 32.2. The smallest absolute Gasteiger partial charge is 0.118 e. The Morgan fingerprint density at radius 1 is 0.963 bits per heavy atom. The van der Waals surface area contributed by atoms with Crippen LogP contribution in [0.1, 0.15) is 24.5 Å². The molecule has 0 aliphatic rings. The fraction of sp³-hybridized carbons (Fsp3) is 0.364. The van der Waals surface area contributed by atoms with E-state index in [1.165, 1.54) is 0 Å². The molecule has 0 N–H and O–H groups in total. The largest absolute Gasteiger partial charge is 0.497 e. The summed E-state index contributed by atoms with van der Waals surface area (Å²) in [7, 11) is 2.23. The van der Waals surface area contributed by atoms with E-state index >= 15 is 0 Å². The quantitative estimate of drug-likeness (QED) is 0.530. The fourth-order valence-electron chi connectivity index (χ4n) is 2.77. The molecule has 0 aliphatic carbocycles. The molecule has 0 amide bonds. The van der Waals surface area contributed by atoms with E-state index in [2.05, 4.69) is 13.5 Å². The zero-order chi connectivity index (χ0) is 19.6. The first-order valence-electron chi connectivity index (χ1n) is 9.06. The van der Waals surface area contributed by atoms with E-state index in [1.54, 1.807) is 14.2 Å². The molecule has 0 heterocycles. The second kappa shape index (κ2) is 10.9. The number of methoxy groups -OCH3 is 2. The van der Waals surface area contributed by atoms with Crippen molar-refractivity contribution < 1.29 is 13.7 Å². The van der Waals surface area contributed by atoms with E-state index in [0.717, 1.165) is 29.0 Å². The molecule has 146 valence electrons. The van der Waals surface area contributed by atoms with Gasteiger partial charge in [0.15, 0.2) is 0 Å². The molecule has 2 aromatic rings. The van der Waals surface area contributed by atoms with Gasteiger partial charge < -0.3 is 9.47 Å². The lowest BCUT2D eigenvalue weighted by atomic mass is 10.1. The van der Waals surface area contributed by atoms with Gasteiger partial charge in [0.1, 0.15) is 11.5 Å². The van der Waals surface area contributed by atoms with Crippen molar-refractivity contribution in [3.05, 3.63) is 72.3 Å². The topological polar surface area (TPSA) is 38.8 Å². The van der Waals surface area contributed by atoms with Crippen LogP contribution in [0.25, 0.3) is 0 Å². The van der Waals surface area contributed by atoms with Crippen LogP contribution in [0.2, 0.25) is 0 Å². The molecule has 2 rings (SSSR count). The minimum Gasteiger partial charge on any atom is -0.497 e. The summed E-state index contributed by atoms with van der Waals surface area (Å²) in [5.74, 6) is 2.60. The van der Waals surface area contributed by atoms with Crippen LogP contribution in [0.3, 0.4) is 0 Å². The second-order valence-corrected chi connectivity index (χ2v) is 8.10. The van der Waals surface area contributed by atoms with Crippen molar-refractivity contribution >= 4 is 11.0 Å². The number of benzene rings is 2. The lowest BCUT2D eigenvalue weighted by Crippen LogP contribution is -2.29. The van der Waals surface area contributed by atoms with E-state index in [4.69, 9.17) is 9.47 Å². The Bertz CT molecular complexity index is 679. The van der Waals surface area contributed by atoms with Crippen LogP contribution in [0, 0.1) is 5.92 Å². The summed E-state index contributed by atoms with van der Waals surface area (Å²) < 4.78 is 25.5. The average molecular weight is 388 g/mol. The van der Waals surface area contributed by atoms with Gasteiger partial charge in [0.2, 0.25) is 0 Å². The van der Waals surface area contributed by atoms with Crippen LogP contribution in [0.4, 0.5) is 0 Å². The molecule has 1 unspecified atom stereocenters. The lowest BCUT2D eigenvalue weighted by Gasteiger charge is -2.23. The number of allylic oxidation sites excluding steroid dienone is 1. The van der Waals surface area contributed by atoms with Crippen molar-refractivity contribution in [2.24, 2.45) is 5.92 Å².